The van der Waals surface area contributed by atoms with Gasteiger partial charge in [0.05, 0.1) is 20.8 Å². The average molecular weight is 211 g/mol. The summed E-state index contributed by atoms with van der Waals surface area (Å²) < 4.78 is 10.6. The molecule has 0 heterocycles. The number of nitrogens with two attached hydrogens (primary N) is 1. The van der Waals surface area contributed by atoms with Crippen molar-refractivity contribution >= 4 is 0 Å². The lowest BCUT2D eigenvalue weighted by Crippen LogP contribution is -2.05. The average Bonchev–Trinajstić information content (AvgIpc) is 2.26. The van der Waals surface area contributed by atoms with Crippen LogP contribution in [-0.4, -0.2) is 20.8 Å². The topological polar surface area (TPSA) is 53.7 Å². The molecule has 0 amide bonds. The highest BCUT2D eigenvalue weighted by molar-refractivity contribution is 5.51. The van der Waals surface area contributed by atoms with Gasteiger partial charge >= 0.3 is 0 Å². The van der Waals surface area contributed by atoms with Gasteiger partial charge in [0.1, 0.15) is 0 Å². The van der Waals surface area contributed by atoms with E-state index in [4.69, 9.17) is 15.4 Å². The predicted octanol–water partition coefficient (Wildman–Crippen LogP) is 1.45. The minimum Gasteiger partial charge on any atom is -0.493 e. The van der Waals surface area contributed by atoms with E-state index >= 15 is 0 Å². The fraction of sp³-hybridized carbons (Fsp3) is 0.455. The molecule has 0 fully saturated rings. The summed E-state index contributed by atoms with van der Waals surface area (Å²) in [5, 5.41) is 0. The van der Waals surface area contributed by atoms with Crippen LogP contribution in [-0.2, 0) is 11.3 Å². The van der Waals surface area contributed by atoms with E-state index < -0.39 is 0 Å². The Morgan fingerprint density at radius 2 is 1.80 bits per heavy atom. The van der Waals surface area contributed by atoms with Crippen molar-refractivity contribution in [1.29, 1.82) is 0 Å². The summed E-state index contributed by atoms with van der Waals surface area (Å²) in [6, 6.07) is 3.99. The molecular weight excluding hydrogens is 194 g/mol. The largest absolute Gasteiger partial charge is 0.493 e. The Hall–Kier alpha value is -1.26. The van der Waals surface area contributed by atoms with Crippen molar-refractivity contribution in [3.8, 4) is 11.5 Å². The molecule has 0 aromatic heterocycles. The maximum atomic E-state index is 5.32. The standard InChI is InChI=1S/C11H17NO3/c1-8-4-5-9(6-7-15-12)11(14-3)10(8)13-2/h4-5H,6-7,12H2,1-3H3. The lowest BCUT2D eigenvalue weighted by atomic mass is 10.1. The van der Waals surface area contributed by atoms with Gasteiger partial charge in [-0.15, -0.1) is 0 Å². The van der Waals surface area contributed by atoms with E-state index in [1.165, 1.54) is 0 Å². The zero-order valence-electron chi connectivity index (χ0n) is 9.37. The third-order valence-corrected chi connectivity index (χ3v) is 2.29. The van der Waals surface area contributed by atoms with Gasteiger partial charge in [-0.3, -0.25) is 0 Å². The number of aryl methyl sites for hydroxylation is 1. The quantitative estimate of drug-likeness (QED) is 0.749. The van der Waals surface area contributed by atoms with Crippen LogP contribution in [0.3, 0.4) is 0 Å². The molecule has 84 valence electrons. The van der Waals surface area contributed by atoms with Crippen LogP contribution in [0.5, 0.6) is 11.5 Å². The van der Waals surface area contributed by atoms with Gasteiger partial charge in [-0.05, 0) is 12.5 Å². The number of methoxy groups -OCH3 is 2. The number of hydrogen-bond donors (Lipinski definition) is 1. The Kier molecular flexibility index (Phi) is 4.39. The molecule has 0 aliphatic heterocycles. The summed E-state index contributed by atoms with van der Waals surface area (Å²) >= 11 is 0. The number of ether oxygens (including phenoxy) is 2. The Morgan fingerprint density at radius 1 is 1.13 bits per heavy atom. The third kappa shape index (κ3) is 2.61. The third-order valence-electron chi connectivity index (χ3n) is 2.29. The van der Waals surface area contributed by atoms with Crippen LogP contribution >= 0.6 is 0 Å². The summed E-state index contributed by atoms with van der Waals surface area (Å²) in [5.74, 6) is 6.53. The Labute approximate surface area is 89.9 Å². The first-order valence-electron chi connectivity index (χ1n) is 4.76. The molecule has 1 rings (SSSR count). The number of hydrogen-bond acceptors (Lipinski definition) is 4. The minimum absolute atomic E-state index is 0.461. The van der Waals surface area contributed by atoms with Crippen molar-refractivity contribution in [3.63, 3.8) is 0 Å². The molecule has 1 aromatic carbocycles. The Bertz CT molecular complexity index is 326. The summed E-state index contributed by atoms with van der Waals surface area (Å²) in [4.78, 5) is 4.55. The lowest BCUT2D eigenvalue weighted by Gasteiger charge is -2.14. The van der Waals surface area contributed by atoms with E-state index in [1.54, 1.807) is 14.2 Å². The lowest BCUT2D eigenvalue weighted by molar-refractivity contribution is 0.140. The molecule has 0 aliphatic carbocycles. The highest BCUT2D eigenvalue weighted by Crippen LogP contribution is 2.34. The summed E-state index contributed by atoms with van der Waals surface area (Å²) in [6.07, 6.45) is 0.705. The van der Waals surface area contributed by atoms with Crippen molar-refractivity contribution in [2.45, 2.75) is 13.3 Å². The zero-order chi connectivity index (χ0) is 11.3. The minimum atomic E-state index is 0.461. The maximum Gasteiger partial charge on any atom is 0.164 e. The first-order chi connectivity index (χ1) is 7.24. The molecule has 2 N–H and O–H groups in total. The maximum absolute atomic E-state index is 5.32. The van der Waals surface area contributed by atoms with Crippen LogP contribution in [0.15, 0.2) is 12.1 Å². The molecule has 0 unspecified atom stereocenters. The molecule has 0 spiro atoms. The molecule has 0 saturated heterocycles. The SMILES string of the molecule is COc1c(C)ccc(CCON)c1OC. The van der Waals surface area contributed by atoms with E-state index in [9.17, 15) is 0 Å². The molecule has 4 nitrogen and oxygen atoms in total. The number of benzene rings is 1. The summed E-state index contributed by atoms with van der Waals surface area (Å²) in [7, 11) is 3.26. The van der Waals surface area contributed by atoms with Gasteiger partial charge in [-0.2, -0.15) is 0 Å². The molecule has 0 aliphatic rings. The van der Waals surface area contributed by atoms with Gasteiger partial charge in [-0.25, -0.2) is 5.90 Å². The molecule has 15 heavy (non-hydrogen) atoms. The van der Waals surface area contributed by atoms with Crippen molar-refractivity contribution in [3.05, 3.63) is 23.3 Å². The van der Waals surface area contributed by atoms with Crippen LogP contribution in [0.25, 0.3) is 0 Å². The van der Waals surface area contributed by atoms with E-state index in [-0.39, 0.29) is 0 Å². The monoisotopic (exact) mass is 211 g/mol. The van der Waals surface area contributed by atoms with Crippen LogP contribution < -0.4 is 15.4 Å². The van der Waals surface area contributed by atoms with Gasteiger partial charge in [0.25, 0.3) is 0 Å². The number of rotatable bonds is 5. The molecule has 1 aromatic rings. The predicted molar refractivity (Wildman–Crippen MR) is 58.1 cm³/mol. The second kappa shape index (κ2) is 5.58. The second-order valence-electron chi connectivity index (χ2n) is 3.23. The molecule has 0 radical (unpaired) electrons. The summed E-state index contributed by atoms with van der Waals surface area (Å²) in [6.45, 7) is 2.44. The first kappa shape index (κ1) is 11.8. The molecule has 0 atom stereocenters. The van der Waals surface area contributed by atoms with Crippen molar-refractivity contribution in [2.24, 2.45) is 5.90 Å². The molecule has 4 heteroatoms. The van der Waals surface area contributed by atoms with E-state index in [0.29, 0.717) is 13.0 Å². The van der Waals surface area contributed by atoms with Gasteiger partial charge in [0.15, 0.2) is 11.5 Å². The van der Waals surface area contributed by atoms with Crippen LogP contribution in [0, 0.1) is 6.92 Å². The van der Waals surface area contributed by atoms with Gasteiger partial charge in [0.2, 0.25) is 0 Å². The van der Waals surface area contributed by atoms with Crippen molar-refractivity contribution < 1.29 is 14.3 Å². The van der Waals surface area contributed by atoms with Crippen LogP contribution in [0.1, 0.15) is 11.1 Å². The highest BCUT2D eigenvalue weighted by atomic mass is 16.6. The molecule has 0 bridgehead atoms. The highest BCUT2D eigenvalue weighted by Gasteiger charge is 2.11. The first-order valence-corrected chi connectivity index (χ1v) is 4.76. The van der Waals surface area contributed by atoms with Gasteiger partial charge in [-0.1, -0.05) is 12.1 Å². The zero-order valence-corrected chi connectivity index (χ0v) is 9.37. The van der Waals surface area contributed by atoms with Gasteiger partial charge < -0.3 is 14.3 Å². The smallest absolute Gasteiger partial charge is 0.164 e. The van der Waals surface area contributed by atoms with Gasteiger partial charge in [0, 0.05) is 12.0 Å². The fourth-order valence-electron chi connectivity index (χ4n) is 1.55. The fourth-order valence-corrected chi connectivity index (χ4v) is 1.55. The Morgan fingerprint density at radius 3 is 2.33 bits per heavy atom. The second-order valence-corrected chi connectivity index (χ2v) is 3.23. The molecule has 0 saturated carbocycles. The Balaban J connectivity index is 3.05. The van der Waals surface area contributed by atoms with Crippen molar-refractivity contribution in [2.75, 3.05) is 20.8 Å². The van der Waals surface area contributed by atoms with Crippen molar-refractivity contribution in [1.82, 2.24) is 0 Å². The van der Waals surface area contributed by atoms with Crippen LogP contribution in [0.2, 0.25) is 0 Å². The van der Waals surface area contributed by atoms with E-state index in [2.05, 4.69) is 4.84 Å². The molecular formula is C11H17NO3. The van der Waals surface area contributed by atoms with Crippen LogP contribution in [0.4, 0.5) is 0 Å². The van der Waals surface area contributed by atoms with E-state index in [0.717, 1.165) is 22.6 Å². The van der Waals surface area contributed by atoms with E-state index in [1.807, 2.05) is 19.1 Å². The summed E-state index contributed by atoms with van der Waals surface area (Å²) in [5.41, 5.74) is 2.08. The normalized spacial score (nSPS) is 10.1.